The SMILES string of the molecule is Fc1cc(F)cc([C@@H]2CC[C@@H](Br)C2)c1. The van der Waals surface area contributed by atoms with E-state index in [9.17, 15) is 8.78 Å². The number of benzene rings is 1. The molecule has 0 aromatic heterocycles. The molecule has 0 spiro atoms. The molecule has 0 unspecified atom stereocenters. The van der Waals surface area contributed by atoms with Crippen LogP contribution < -0.4 is 0 Å². The van der Waals surface area contributed by atoms with Gasteiger partial charge >= 0.3 is 0 Å². The largest absolute Gasteiger partial charge is 0.207 e. The lowest BCUT2D eigenvalue weighted by atomic mass is 9.98. The summed E-state index contributed by atoms with van der Waals surface area (Å²) in [6, 6.07) is 3.81. The summed E-state index contributed by atoms with van der Waals surface area (Å²) in [5.74, 6) is -0.638. The van der Waals surface area contributed by atoms with Gasteiger partial charge in [-0.05, 0) is 42.9 Å². The third kappa shape index (κ3) is 2.14. The van der Waals surface area contributed by atoms with Gasteiger partial charge in [-0.15, -0.1) is 0 Å². The quantitative estimate of drug-likeness (QED) is 0.670. The second-order valence-electron chi connectivity index (χ2n) is 3.81. The monoisotopic (exact) mass is 260 g/mol. The van der Waals surface area contributed by atoms with Crippen LogP contribution in [0.3, 0.4) is 0 Å². The smallest absolute Gasteiger partial charge is 0.126 e. The molecule has 0 amide bonds. The Morgan fingerprint density at radius 3 is 2.21 bits per heavy atom. The van der Waals surface area contributed by atoms with E-state index in [1.807, 2.05) is 0 Å². The fraction of sp³-hybridized carbons (Fsp3) is 0.455. The molecule has 0 radical (unpaired) electrons. The Hall–Kier alpha value is -0.440. The molecule has 1 aliphatic rings. The van der Waals surface area contributed by atoms with E-state index >= 15 is 0 Å². The Kier molecular flexibility index (Phi) is 2.86. The molecule has 0 saturated heterocycles. The summed E-state index contributed by atoms with van der Waals surface area (Å²) < 4.78 is 25.9. The Bertz CT molecular complexity index is 318. The van der Waals surface area contributed by atoms with Crippen molar-refractivity contribution in [3.63, 3.8) is 0 Å². The number of hydrogen-bond acceptors (Lipinski definition) is 0. The summed E-state index contributed by atoms with van der Waals surface area (Å²) in [7, 11) is 0. The van der Waals surface area contributed by atoms with Gasteiger partial charge in [0.25, 0.3) is 0 Å². The maximum atomic E-state index is 12.9. The van der Waals surface area contributed by atoms with Gasteiger partial charge in [-0.1, -0.05) is 15.9 Å². The standard InChI is InChI=1S/C11H11BrF2/c12-9-2-1-7(3-9)8-4-10(13)6-11(14)5-8/h4-7,9H,1-3H2/t7-,9-/m1/s1. The molecular formula is C11H11BrF2. The molecule has 1 aromatic rings. The van der Waals surface area contributed by atoms with Crippen LogP contribution in [0.25, 0.3) is 0 Å². The first kappa shape index (κ1) is 10.1. The van der Waals surface area contributed by atoms with Crippen molar-refractivity contribution in [3.05, 3.63) is 35.4 Å². The molecule has 3 heteroatoms. The topological polar surface area (TPSA) is 0 Å². The van der Waals surface area contributed by atoms with Gasteiger partial charge in [0, 0.05) is 10.9 Å². The Balaban J connectivity index is 2.23. The van der Waals surface area contributed by atoms with Gasteiger partial charge in [0.15, 0.2) is 0 Å². The minimum atomic E-state index is -0.474. The van der Waals surface area contributed by atoms with E-state index in [2.05, 4.69) is 15.9 Å². The molecule has 2 atom stereocenters. The molecule has 0 heterocycles. The molecule has 0 N–H and O–H groups in total. The molecule has 14 heavy (non-hydrogen) atoms. The van der Waals surface area contributed by atoms with Crippen molar-refractivity contribution in [2.45, 2.75) is 30.0 Å². The zero-order valence-electron chi connectivity index (χ0n) is 7.64. The van der Waals surface area contributed by atoms with Crippen LogP contribution in [0.15, 0.2) is 18.2 Å². The molecular weight excluding hydrogens is 250 g/mol. The van der Waals surface area contributed by atoms with E-state index in [0.717, 1.165) is 30.9 Å². The molecule has 0 bridgehead atoms. The Morgan fingerprint density at radius 2 is 1.71 bits per heavy atom. The van der Waals surface area contributed by atoms with Gasteiger partial charge in [-0.25, -0.2) is 8.78 Å². The summed E-state index contributed by atoms with van der Waals surface area (Å²) in [6.45, 7) is 0. The first-order valence-corrected chi connectivity index (χ1v) is 5.67. The molecule has 1 aromatic carbocycles. The lowest BCUT2D eigenvalue weighted by molar-refractivity contribution is 0.573. The fourth-order valence-electron chi connectivity index (χ4n) is 2.04. The highest BCUT2D eigenvalue weighted by molar-refractivity contribution is 9.09. The number of halogens is 3. The van der Waals surface area contributed by atoms with E-state index < -0.39 is 11.6 Å². The van der Waals surface area contributed by atoms with Gasteiger partial charge in [0.2, 0.25) is 0 Å². The van der Waals surface area contributed by atoms with E-state index in [1.54, 1.807) is 0 Å². The second kappa shape index (κ2) is 3.97. The number of rotatable bonds is 1. The molecule has 0 aliphatic heterocycles. The average molecular weight is 261 g/mol. The lowest BCUT2D eigenvalue weighted by Crippen LogP contribution is -1.96. The first-order valence-electron chi connectivity index (χ1n) is 4.75. The number of alkyl halides is 1. The van der Waals surface area contributed by atoms with Crippen LogP contribution in [-0.4, -0.2) is 4.83 Å². The highest BCUT2D eigenvalue weighted by Gasteiger charge is 2.24. The average Bonchev–Trinajstić information content (AvgIpc) is 2.50. The van der Waals surface area contributed by atoms with E-state index in [-0.39, 0.29) is 0 Å². The zero-order valence-corrected chi connectivity index (χ0v) is 9.23. The van der Waals surface area contributed by atoms with Gasteiger partial charge in [0.05, 0.1) is 0 Å². The highest BCUT2D eigenvalue weighted by atomic mass is 79.9. The summed E-state index contributed by atoms with van der Waals surface area (Å²) in [6.07, 6.45) is 3.07. The minimum absolute atomic E-state index is 0.310. The predicted octanol–water partition coefficient (Wildman–Crippen LogP) is 4.00. The van der Waals surface area contributed by atoms with Crippen molar-refractivity contribution < 1.29 is 8.78 Å². The normalized spacial score (nSPS) is 26.8. The first-order chi connectivity index (χ1) is 6.65. The van der Waals surface area contributed by atoms with Crippen molar-refractivity contribution in [2.24, 2.45) is 0 Å². The lowest BCUT2D eigenvalue weighted by Gasteiger charge is -2.09. The van der Waals surface area contributed by atoms with Gasteiger partial charge in [-0.3, -0.25) is 0 Å². The minimum Gasteiger partial charge on any atom is -0.207 e. The van der Waals surface area contributed by atoms with Crippen molar-refractivity contribution in [3.8, 4) is 0 Å². The van der Waals surface area contributed by atoms with Crippen LogP contribution in [-0.2, 0) is 0 Å². The molecule has 1 aliphatic carbocycles. The van der Waals surface area contributed by atoms with Crippen molar-refractivity contribution in [1.82, 2.24) is 0 Å². The molecule has 0 nitrogen and oxygen atoms in total. The molecule has 76 valence electrons. The number of hydrogen-bond donors (Lipinski definition) is 0. The summed E-state index contributed by atoms with van der Waals surface area (Å²) in [5.41, 5.74) is 0.796. The Labute approximate surface area is 90.4 Å². The van der Waals surface area contributed by atoms with Crippen LogP contribution in [0.5, 0.6) is 0 Å². The van der Waals surface area contributed by atoms with Crippen LogP contribution in [0, 0.1) is 11.6 Å². The summed E-state index contributed by atoms with van der Waals surface area (Å²) in [5, 5.41) is 0. The van der Waals surface area contributed by atoms with E-state index in [0.29, 0.717) is 10.7 Å². The maximum absolute atomic E-state index is 12.9. The summed E-state index contributed by atoms with van der Waals surface area (Å²) >= 11 is 3.53. The van der Waals surface area contributed by atoms with Crippen LogP contribution in [0.2, 0.25) is 0 Å². The zero-order chi connectivity index (χ0) is 10.1. The third-order valence-electron chi connectivity index (χ3n) is 2.72. The van der Waals surface area contributed by atoms with Crippen molar-refractivity contribution in [1.29, 1.82) is 0 Å². The highest BCUT2D eigenvalue weighted by Crippen LogP contribution is 2.38. The second-order valence-corrected chi connectivity index (χ2v) is 5.11. The van der Waals surface area contributed by atoms with Crippen molar-refractivity contribution >= 4 is 15.9 Å². The van der Waals surface area contributed by atoms with Crippen LogP contribution in [0.1, 0.15) is 30.7 Å². The van der Waals surface area contributed by atoms with Crippen LogP contribution in [0.4, 0.5) is 8.78 Å². The van der Waals surface area contributed by atoms with Gasteiger partial charge < -0.3 is 0 Å². The molecule has 2 rings (SSSR count). The molecule has 1 fully saturated rings. The molecule has 1 saturated carbocycles. The van der Waals surface area contributed by atoms with Gasteiger partial charge in [-0.2, -0.15) is 0 Å². The summed E-state index contributed by atoms with van der Waals surface area (Å²) in [4.78, 5) is 0.499. The maximum Gasteiger partial charge on any atom is 0.126 e. The van der Waals surface area contributed by atoms with E-state index in [4.69, 9.17) is 0 Å². The Morgan fingerprint density at radius 1 is 1.07 bits per heavy atom. The third-order valence-corrected chi connectivity index (χ3v) is 3.56. The van der Waals surface area contributed by atoms with Crippen molar-refractivity contribution in [2.75, 3.05) is 0 Å². The fourth-order valence-corrected chi connectivity index (χ4v) is 2.76. The van der Waals surface area contributed by atoms with Crippen LogP contribution >= 0.6 is 15.9 Å². The predicted molar refractivity (Wildman–Crippen MR) is 55.7 cm³/mol. The van der Waals surface area contributed by atoms with Gasteiger partial charge in [0.1, 0.15) is 11.6 Å². The van der Waals surface area contributed by atoms with E-state index in [1.165, 1.54) is 12.1 Å².